The van der Waals surface area contributed by atoms with Crippen LogP contribution in [0.15, 0.2) is 42.5 Å². The van der Waals surface area contributed by atoms with Gasteiger partial charge in [0.15, 0.2) is 0 Å². The molecule has 0 saturated heterocycles. The second-order valence-electron chi connectivity index (χ2n) is 4.31. The van der Waals surface area contributed by atoms with E-state index in [1.807, 2.05) is 56.3 Å². The second kappa shape index (κ2) is 6.25. The number of rotatable bonds is 5. The van der Waals surface area contributed by atoms with Crippen LogP contribution in [0.1, 0.15) is 18.1 Å². The summed E-state index contributed by atoms with van der Waals surface area (Å²) in [7, 11) is 0. The fraction of sp³-hybridized carbons (Fsp3) is 0.250. The van der Waals surface area contributed by atoms with Crippen molar-refractivity contribution >= 4 is 0 Å². The lowest BCUT2D eigenvalue weighted by Gasteiger charge is -2.11. The summed E-state index contributed by atoms with van der Waals surface area (Å²) in [5.41, 5.74) is 7.79. The van der Waals surface area contributed by atoms with Crippen molar-refractivity contribution < 1.29 is 9.47 Å². The van der Waals surface area contributed by atoms with Crippen molar-refractivity contribution in [2.24, 2.45) is 5.73 Å². The maximum Gasteiger partial charge on any atom is 0.130 e. The molecule has 2 N–H and O–H groups in total. The van der Waals surface area contributed by atoms with E-state index in [9.17, 15) is 0 Å². The van der Waals surface area contributed by atoms with E-state index < -0.39 is 0 Å². The summed E-state index contributed by atoms with van der Waals surface area (Å²) in [6, 6.07) is 13.6. The lowest BCUT2D eigenvalue weighted by Crippen LogP contribution is -1.97. The number of hydrogen-bond donors (Lipinski definition) is 1. The first kappa shape index (κ1) is 13.4. The summed E-state index contributed by atoms with van der Waals surface area (Å²) in [6.45, 7) is 5.16. The zero-order chi connectivity index (χ0) is 13.7. The number of hydrogen-bond acceptors (Lipinski definition) is 3. The minimum Gasteiger partial charge on any atom is -0.494 e. The van der Waals surface area contributed by atoms with Crippen LogP contribution in [-0.2, 0) is 6.54 Å². The third kappa shape index (κ3) is 3.48. The summed E-state index contributed by atoms with van der Waals surface area (Å²) < 4.78 is 11.3. The Bertz CT molecular complexity index is 535. The van der Waals surface area contributed by atoms with Gasteiger partial charge in [0.05, 0.1) is 6.61 Å². The largest absolute Gasteiger partial charge is 0.494 e. The standard InChI is InChI=1S/C16H19NO2/c1-3-18-14-6-8-15(9-7-14)19-16-10-13(11-17)5-4-12(16)2/h4-10H,3,11,17H2,1-2H3. The Labute approximate surface area is 114 Å². The highest BCUT2D eigenvalue weighted by molar-refractivity contribution is 5.41. The van der Waals surface area contributed by atoms with Crippen molar-refractivity contribution in [2.45, 2.75) is 20.4 Å². The van der Waals surface area contributed by atoms with Crippen LogP contribution in [0.3, 0.4) is 0 Å². The van der Waals surface area contributed by atoms with Crippen LogP contribution in [0.5, 0.6) is 17.2 Å². The smallest absolute Gasteiger partial charge is 0.130 e. The van der Waals surface area contributed by atoms with Gasteiger partial charge >= 0.3 is 0 Å². The maximum absolute atomic E-state index is 5.87. The van der Waals surface area contributed by atoms with Crippen molar-refractivity contribution in [1.82, 2.24) is 0 Å². The molecule has 0 spiro atoms. The average molecular weight is 257 g/mol. The van der Waals surface area contributed by atoms with Crippen LogP contribution in [-0.4, -0.2) is 6.61 Å². The second-order valence-corrected chi connectivity index (χ2v) is 4.31. The molecule has 100 valence electrons. The van der Waals surface area contributed by atoms with Gasteiger partial charge in [-0.2, -0.15) is 0 Å². The molecule has 0 saturated carbocycles. The van der Waals surface area contributed by atoms with E-state index in [0.717, 1.165) is 28.4 Å². The molecule has 0 radical (unpaired) electrons. The molecule has 0 unspecified atom stereocenters. The number of aryl methyl sites for hydroxylation is 1. The molecule has 0 aliphatic rings. The highest BCUT2D eigenvalue weighted by Crippen LogP contribution is 2.27. The van der Waals surface area contributed by atoms with Crippen LogP contribution < -0.4 is 15.2 Å². The zero-order valence-corrected chi connectivity index (χ0v) is 11.3. The Morgan fingerprint density at radius 3 is 2.32 bits per heavy atom. The minimum absolute atomic E-state index is 0.514. The third-order valence-electron chi connectivity index (χ3n) is 2.85. The predicted octanol–water partition coefficient (Wildman–Crippen LogP) is 3.64. The molecule has 3 heteroatoms. The van der Waals surface area contributed by atoms with Crippen molar-refractivity contribution in [1.29, 1.82) is 0 Å². The van der Waals surface area contributed by atoms with Gasteiger partial charge < -0.3 is 15.2 Å². The fourth-order valence-corrected chi connectivity index (χ4v) is 1.78. The lowest BCUT2D eigenvalue weighted by molar-refractivity contribution is 0.339. The normalized spacial score (nSPS) is 10.3. The molecule has 0 heterocycles. The molecule has 0 atom stereocenters. The first-order chi connectivity index (χ1) is 9.22. The molecule has 0 amide bonds. The van der Waals surface area contributed by atoms with Gasteiger partial charge in [-0.15, -0.1) is 0 Å². The number of nitrogens with two attached hydrogens (primary N) is 1. The van der Waals surface area contributed by atoms with Crippen molar-refractivity contribution in [3.8, 4) is 17.2 Å². The summed E-state index contributed by atoms with van der Waals surface area (Å²) in [4.78, 5) is 0. The average Bonchev–Trinajstić information content (AvgIpc) is 2.44. The van der Waals surface area contributed by atoms with E-state index in [1.165, 1.54) is 0 Å². The van der Waals surface area contributed by atoms with Crippen LogP contribution in [0.2, 0.25) is 0 Å². The molecular formula is C16H19NO2. The van der Waals surface area contributed by atoms with Crippen molar-refractivity contribution in [3.63, 3.8) is 0 Å². The third-order valence-corrected chi connectivity index (χ3v) is 2.85. The number of ether oxygens (including phenoxy) is 2. The van der Waals surface area contributed by atoms with E-state index in [1.54, 1.807) is 0 Å². The molecule has 0 bridgehead atoms. The van der Waals surface area contributed by atoms with Gasteiger partial charge in [-0.3, -0.25) is 0 Å². The Hall–Kier alpha value is -2.00. The van der Waals surface area contributed by atoms with Gasteiger partial charge in [-0.1, -0.05) is 12.1 Å². The molecule has 0 aromatic heterocycles. The van der Waals surface area contributed by atoms with E-state index in [4.69, 9.17) is 15.2 Å². The summed E-state index contributed by atoms with van der Waals surface area (Å²) >= 11 is 0. The van der Waals surface area contributed by atoms with Gasteiger partial charge in [0.2, 0.25) is 0 Å². The van der Waals surface area contributed by atoms with Gasteiger partial charge in [0.25, 0.3) is 0 Å². The lowest BCUT2D eigenvalue weighted by atomic mass is 10.1. The Balaban J connectivity index is 2.16. The van der Waals surface area contributed by atoms with Crippen LogP contribution in [0.4, 0.5) is 0 Å². The zero-order valence-electron chi connectivity index (χ0n) is 11.3. The molecule has 0 fully saturated rings. The molecule has 0 aliphatic carbocycles. The van der Waals surface area contributed by atoms with E-state index in [0.29, 0.717) is 13.2 Å². The SMILES string of the molecule is CCOc1ccc(Oc2cc(CN)ccc2C)cc1. The number of benzene rings is 2. The summed E-state index contributed by atoms with van der Waals surface area (Å²) in [6.07, 6.45) is 0. The molecular weight excluding hydrogens is 238 g/mol. The first-order valence-electron chi connectivity index (χ1n) is 6.43. The minimum atomic E-state index is 0.514. The molecule has 2 rings (SSSR count). The highest BCUT2D eigenvalue weighted by Gasteiger charge is 2.03. The maximum atomic E-state index is 5.87. The molecule has 2 aromatic rings. The molecule has 3 nitrogen and oxygen atoms in total. The Morgan fingerprint density at radius 2 is 1.68 bits per heavy atom. The van der Waals surface area contributed by atoms with Crippen LogP contribution in [0.25, 0.3) is 0 Å². The van der Waals surface area contributed by atoms with Gasteiger partial charge in [-0.05, 0) is 55.3 Å². The summed E-state index contributed by atoms with van der Waals surface area (Å²) in [5, 5.41) is 0. The molecule has 2 aromatic carbocycles. The Kier molecular flexibility index (Phi) is 4.42. The van der Waals surface area contributed by atoms with Gasteiger partial charge in [-0.25, -0.2) is 0 Å². The Morgan fingerprint density at radius 1 is 1.00 bits per heavy atom. The molecule has 0 aliphatic heterocycles. The first-order valence-corrected chi connectivity index (χ1v) is 6.43. The summed E-state index contributed by atoms with van der Waals surface area (Å²) in [5.74, 6) is 2.48. The van der Waals surface area contributed by atoms with E-state index >= 15 is 0 Å². The predicted molar refractivity (Wildman–Crippen MR) is 76.8 cm³/mol. The topological polar surface area (TPSA) is 44.5 Å². The van der Waals surface area contributed by atoms with Crippen LogP contribution in [0, 0.1) is 6.92 Å². The highest BCUT2D eigenvalue weighted by atomic mass is 16.5. The van der Waals surface area contributed by atoms with E-state index in [2.05, 4.69) is 0 Å². The monoisotopic (exact) mass is 257 g/mol. The fourth-order valence-electron chi connectivity index (χ4n) is 1.78. The van der Waals surface area contributed by atoms with Gasteiger partial charge in [0.1, 0.15) is 17.2 Å². The van der Waals surface area contributed by atoms with E-state index in [-0.39, 0.29) is 0 Å². The van der Waals surface area contributed by atoms with Crippen LogP contribution >= 0.6 is 0 Å². The van der Waals surface area contributed by atoms with Crippen molar-refractivity contribution in [2.75, 3.05) is 6.61 Å². The molecule has 19 heavy (non-hydrogen) atoms. The quantitative estimate of drug-likeness (QED) is 0.889. The van der Waals surface area contributed by atoms with Gasteiger partial charge in [0, 0.05) is 6.54 Å². The van der Waals surface area contributed by atoms with Crippen molar-refractivity contribution in [3.05, 3.63) is 53.6 Å².